The lowest BCUT2D eigenvalue weighted by atomic mass is 10.2. The fourth-order valence-corrected chi connectivity index (χ4v) is 4.35. The van der Waals surface area contributed by atoms with Crippen molar-refractivity contribution in [3.05, 3.63) is 54.1 Å². The van der Waals surface area contributed by atoms with E-state index in [9.17, 15) is 4.79 Å². The number of thiazole rings is 1. The van der Waals surface area contributed by atoms with Crippen molar-refractivity contribution in [2.24, 2.45) is 0 Å². The molecule has 3 aromatic rings. The molecular weight excluding hydrogens is 398 g/mol. The number of halogens is 1. The number of carbonyl (C=O) groups excluding carboxylic acids is 1. The van der Waals surface area contributed by atoms with Crippen LogP contribution in [0, 0.1) is 0 Å². The van der Waals surface area contributed by atoms with E-state index in [1.165, 1.54) is 0 Å². The third-order valence-electron chi connectivity index (χ3n) is 4.08. The quantitative estimate of drug-likeness (QED) is 0.501. The van der Waals surface area contributed by atoms with Crippen molar-refractivity contribution < 1.29 is 4.79 Å². The van der Waals surface area contributed by atoms with Gasteiger partial charge in [-0.25, -0.2) is 4.98 Å². The van der Waals surface area contributed by atoms with E-state index in [0.717, 1.165) is 38.8 Å². The predicted molar refractivity (Wildman–Crippen MR) is 120 cm³/mol. The summed E-state index contributed by atoms with van der Waals surface area (Å²) in [6.07, 6.45) is 2.90. The molecule has 0 N–H and O–H groups in total. The largest absolute Gasteiger partial charge is 0.309 e. The molecular formula is C20H24ClN3OS2. The van der Waals surface area contributed by atoms with E-state index < -0.39 is 0 Å². The fourth-order valence-electron chi connectivity index (χ4n) is 2.77. The lowest BCUT2D eigenvalue weighted by Crippen LogP contribution is -2.33. The van der Waals surface area contributed by atoms with E-state index in [0.29, 0.717) is 6.54 Å². The lowest BCUT2D eigenvalue weighted by molar-refractivity contribution is 0.0983. The van der Waals surface area contributed by atoms with E-state index in [1.54, 1.807) is 23.1 Å². The topological polar surface area (TPSA) is 36.4 Å². The Labute approximate surface area is 175 Å². The SMILES string of the molecule is CSc1ccccc1C(=O)N(CCCN(C)C)c1nc2ccccc2s1.Cl. The molecule has 0 radical (unpaired) electrons. The Morgan fingerprint density at radius 2 is 1.78 bits per heavy atom. The van der Waals surface area contributed by atoms with Gasteiger partial charge in [-0.3, -0.25) is 9.69 Å². The molecule has 0 aliphatic rings. The summed E-state index contributed by atoms with van der Waals surface area (Å²) in [4.78, 5) is 23.0. The van der Waals surface area contributed by atoms with Crippen LogP contribution in [0.3, 0.4) is 0 Å². The second-order valence-corrected chi connectivity index (χ2v) is 8.14. The first-order valence-electron chi connectivity index (χ1n) is 8.55. The van der Waals surface area contributed by atoms with Crippen LogP contribution in [0.2, 0.25) is 0 Å². The van der Waals surface area contributed by atoms with E-state index >= 15 is 0 Å². The van der Waals surface area contributed by atoms with Crippen molar-refractivity contribution in [2.75, 3.05) is 38.3 Å². The van der Waals surface area contributed by atoms with Crippen LogP contribution in [0.1, 0.15) is 16.8 Å². The zero-order valence-electron chi connectivity index (χ0n) is 15.7. The number of rotatable bonds is 7. The molecule has 1 heterocycles. The zero-order chi connectivity index (χ0) is 18.5. The summed E-state index contributed by atoms with van der Waals surface area (Å²) < 4.78 is 1.10. The smallest absolute Gasteiger partial charge is 0.261 e. The first-order chi connectivity index (χ1) is 12.6. The summed E-state index contributed by atoms with van der Waals surface area (Å²) in [5.74, 6) is 0.0211. The molecule has 1 amide bonds. The number of carbonyl (C=O) groups is 1. The molecule has 2 aromatic carbocycles. The van der Waals surface area contributed by atoms with Gasteiger partial charge in [-0.15, -0.1) is 24.2 Å². The van der Waals surface area contributed by atoms with Gasteiger partial charge >= 0.3 is 0 Å². The number of benzene rings is 2. The lowest BCUT2D eigenvalue weighted by Gasteiger charge is -2.22. The van der Waals surface area contributed by atoms with Crippen molar-refractivity contribution in [2.45, 2.75) is 11.3 Å². The third kappa shape index (κ3) is 5.23. The molecule has 0 bridgehead atoms. The molecule has 0 saturated carbocycles. The van der Waals surface area contributed by atoms with Crippen molar-refractivity contribution >= 4 is 56.8 Å². The van der Waals surface area contributed by atoms with Gasteiger partial charge in [-0.2, -0.15) is 0 Å². The van der Waals surface area contributed by atoms with E-state index in [1.807, 2.05) is 67.7 Å². The highest BCUT2D eigenvalue weighted by Crippen LogP contribution is 2.31. The number of fused-ring (bicyclic) bond motifs is 1. The van der Waals surface area contributed by atoms with Crippen LogP contribution in [-0.4, -0.2) is 49.2 Å². The minimum atomic E-state index is 0. The van der Waals surface area contributed by atoms with Crippen LogP contribution in [0.25, 0.3) is 10.2 Å². The second-order valence-electron chi connectivity index (χ2n) is 6.28. The second kappa shape index (κ2) is 10.1. The minimum Gasteiger partial charge on any atom is -0.309 e. The van der Waals surface area contributed by atoms with Gasteiger partial charge in [0.15, 0.2) is 5.13 Å². The Morgan fingerprint density at radius 1 is 1.07 bits per heavy atom. The molecule has 4 nitrogen and oxygen atoms in total. The van der Waals surface area contributed by atoms with Crippen LogP contribution < -0.4 is 4.90 Å². The van der Waals surface area contributed by atoms with Crippen molar-refractivity contribution in [3.63, 3.8) is 0 Å². The van der Waals surface area contributed by atoms with Crippen LogP contribution in [-0.2, 0) is 0 Å². The molecule has 3 rings (SSSR count). The maximum atomic E-state index is 13.3. The first-order valence-corrected chi connectivity index (χ1v) is 10.6. The Balaban J connectivity index is 0.00000261. The highest BCUT2D eigenvalue weighted by atomic mass is 35.5. The van der Waals surface area contributed by atoms with E-state index in [2.05, 4.69) is 11.0 Å². The number of hydrogen-bond donors (Lipinski definition) is 0. The Kier molecular flexibility index (Phi) is 8.10. The predicted octanol–water partition coefficient (Wildman–Crippen LogP) is 5.04. The van der Waals surface area contributed by atoms with Gasteiger partial charge in [0, 0.05) is 11.4 Å². The molecule has 0 fully saturated rings. The van der Waals surface area contributed by atoms with Gasteiger partial charge in [-0.1, -0.05) is 35.6 Å². The number of aromatic nitrogens is 1. The van der Waals surface area contributed by atoms with Crippen molar-refractivity contribution in [1.82, 2.24) is 9.88 Å². The molecule has 0 spiro atoms. The van der Waals surface area contributed by atoms with Gasteiger partial charge in [0.25, 0.3) is 5.91 Å². The minimum absolute atomic E-state index is 0. The third-order valence-corrected chi connectivity index (χ3v) is 5.94. The molecule has 0 unspecified atom stereocenters. The highest BCUT2D eigenvalue weighted by molar-refractivity contribution is 7.98. The van der Waals surface area contributed by atoms with Crippen LogP contribution in [0.15, 0.2) is 53.4 Å². The van der Waals surface area contributed by atoms with Crippen LogP contribution >= 0.6 is 35.5 Å². The Hall–Kier alpha value is -1.60. The Morgan fingerprint density at radius 3 is 2.48 bits per heavy atom. The Bertz CT molecular complexity index is 865. The van der Waals surface area contributed by atoms with Crippen LogP contribution in [0.4, 0.5) is 5.13 Å². The molecule has 1 aromatic heterocycles. The summed E-state index contributed by atoms with van der Waals surface area (Å²) in [6, 6.07) is 15.8. The van der Waals surface area contributed by atoms with Crippen molar-refractivity contribution in [3.8, 4) is 0 Å². The average Bonchev–Trinajstić information content (AvgIpc) is 3.08. The summed E-state index contributed by atoms with van der Waals surface area (Å²) in [5, 5.41) is 0.769. The average molecular weight is 422 g/mol. The maximum Gasteiger partial charge on any atom is 0.261 e. The summed E-state index contributed by atoms with van der Waals surface area (Å²) in [6.45, 7) is 1.58. The molecule has 0 aliphatic carbocycles. The summed E-state index contributed by atoms with van der Waals surface area (Å²) >= 11 is 3.17. The molecule has 0 atom stereocenters. The zero-order valence-corrected chi connectivity index (χ0v) is 18.2. The molecule has 0 saturated heterocycles. The highest BCUT2D eigenvalue weighted by Gasteiger charge is 2.23. The standard InChI is InChI=1S/C20H23N3OS2.ClH/c1-22(2)13-8-14-23(19(24)15-9-4-6-11-17(15)25-3)20-21-16-10-5-7-12-18(16)26-20;/h4-7,9-12H,8,13-14H2,1-3H3;1H. The number of para-hydroxylation sites is 1. The number of thioether (sulfide) groups is 1. The van der Waals surface area contributed by atoms with Gasteiger partial charge in [0.05, 0.1) is 15.8 Å². The summed E-state index contributed by atoms with van der Waals surface area (Å²) in [5.41, 5.74) is 1.68. The number of amides is 1. The molecule has 27 heavy (non-hydrogen) atoms. The van der Waals surface area contributed by atoms with E-state index in [-0.39, 0.29) is 18.3 Å². The van der Waals surface area contributed by atoms with Gasteiger partial charge in [0.2, 0.25) is 0 Å². The molecule has 7 heteroatoms. The maximum absolute atomic E-state index is 13.3. The number of hydrogen-bond acceptors (Lipinski definition) is 5. The molecule has 144 valence electrons. The molecule has 0 aliphatic heterocycles. The summed E-state index contributed by atoms with van der Waals surface area (Å²) in [7, 11) is 4.10. The monoisotopic (exact) mass is 421 g/mol. The van der Waals surface area contributed by atoms with Crippen LogP contribution in [0.5, 0.6) is 0 Å². The van der Waals surface area contributed by atoms with E-state index in [4.69, 9.17) is 4.98 Å². The number of nitrogens with zero attached hydrogens (tertiary/aromatic N) is 3. The first kappa shape index (κ1) is 21.7. The number of anilines is 1. The van der Waals surface area contributed by atoms with Gasteiger partial charge < -0.3 is 4.90 Å². The fraction of sp³-hybridized carbons (Fsp3) is 0.300. The normalized spacial score (nSPS) is 10.8. The van der Waals surface area contributed by atoms with Crippen molar-refractivity contribution in [1.29, 1.82) is 0 Å². The van der Waals surface area contributed by atoms with Gasteiger partial charge in [-0.05, 0) is 57.6 Å². The van der Waals surface area contributed by atoms with Gasteiger partial charge in [0.1, 0.15) is 0 Å².